The van der Waals surface area contributed by atoms with E-state index in [4.69, 9.17) is 4.74 Å². The molecule has 4 N–H and O–H groups in total. The number of phenols is 2. The second-order valence-electron chi connectivity index (χ2n) is 11.2. The second-order valence-corrected chi connectivity index (χ2v) is 15.9. The normalized spacial score (nSPS) is 15.3. The maximum absolute atomic E-state index is 12.5. The number of phenolic OH excluding ortho intramolecular Hbond substituents is 2. The highest BCUT2D eigenvalue weighted by Crippen LogP contribution is 2.45. The van der Waals surface area contributed by atoms with E-state index in [2.05, 4.69) is 17.4 Å². The third-order valence-corrected chi connectivity index (χ3v) is 10.1. The summed E-state index contributed by atoms with van der Waals surface area (Å²) in [6, 6.07) is 20.9. The fourth-order valence-corrected chi connectivity index (χ4v) is 7.40. The summed E-state index contributed by atoms with van der Waals surface area (Å²) in [6.45, 7) is 8.49. The third kappa shape index (κ3) is 7.27. The molecule has 1 aliphatic rings. The van der Waals surface area contributed by atoms with Gasteiger partial charge in [0.1, 0.15) is 30.4 Å². The Morgan fingerprint density at radius 1 is 0.950 bits per heavy atom. The summed E-state index contributed by atoms with van der Waals surface area (Å²) >= 11 is 1.62. The summed E-state index contributed by atoms with van der Waals surface area (Å²) in [5.41, 5.74) is 3.19. The molecule has 1 fully saturated rings. The molecule has 8 heteroatoms. The molecule has 6 nitrogen and oxygen atoms in total. The molecule has 2 heterocycles. The number of benzene rings is 3. The molecule has 1 saturated heterocycles. The van der Waals surface area contributed by atoms with Crippen molar-refractivity contribution >= 4 is 28.6 Å². The predicted octanol–water partition coefficient (Wildman–Crippen LogP) is 5.73. The first-order chi connectivity index (χ1) is 19.3. The zero-order chi connectivity index (χ0) is 28.1. The summed E-state index contributed by atoms with van der Waals surface area (Å²) in [7, 11) is -2.20. The lowest BCUT2D eigenvalue weighted by atomic mass is 9.93. The summed E-state index contributed by atoms with van der Waals surface area (Å²) in [6.07, 6.45) is 4.57. The number of rotatable bonds is 11. The lowest BCUT2D eigenvalue weighted by Gasteiger charge is -2.24. The molecule has 0 bridgehead atoms. The van der Waals surface area contributed by atoms with Crippen molar-refractivity contribution in [3.63, 3.8) is 0 Å². The molecule has 1 aromatic heterocycles. The van der Waals surface area contributed by atoms with E-state index < -0.39 is 7.14 Å². The Hall–Kier alpha value is -2.83. The number of fused-ring (bicyclic) bond motifs is 1. The van der Waals surface area contributed by atoms with Gasteiger partial charge in [-0.25, -0.2) is 0 Å². The van der Waals surface area contributed by atoms with Crippen LogP contribution < -0.4 is 15.0 Å². The van der Waals surface area contributed by atoms with Gasteiger partial charge in [0.05, 0.1) is 26.3 Å². The number of hydrogen-bond donors (Lipinski definition) is 4. The quantitative estimate of drug-likeness (QED) is 0.171. The fraction of sp³-hybridized carbons (Fsp3) is 0.375. The van der Waals surface area contributed by atoms with E-state index in [9.17, 15) is 14.8 Å². The molecule has 0 amide bonds. The lowest BCUT2D eigenvalue weighted by molar-refractivity contribution is -0.904. The van der Waals surface area contributed by atoms with Gasteiger partial charge in [-0.05, 0) is 109 Å². The van der Waals surface area contributed by atoms with Crippen molar-refractivity contribution in [1.29, 1.82) is 0 Å². The first kappa shape index (κ1) is 28.7. The minimum Gasteiger partial charge on any atom is -0.508 e. The monoisotopic (exact) mass is 579 g/mol. The molecule has 4 aromatic rings. The van der Waals surface area contributed by atoms with Crippen molar-refractivity contribution in [2.24, 2.45) is 0 Å². The minimum atomic E-state index is -2.20. The maximum Gasteiger partial charge on any atom is 0.137 e. The molecule has 3 aromatic carbocycles. The Bertz CT molecular complexity index is 1460. The van der Waals surface area contributed by atoms with Crippen molar-refractivity contribution < 1.29 is 24.4 Å². The fourth-order valence-electron chi connectivity index (χ4n) is 5.46. The van der Waals surface area contributed by atoms with Crippen LogP contribution in [-0.4, -0.2) is 62.5 Å². The number of aromatic hydroxyl groups is 2. The van der Waals surface area contributed by atoms with Gasteiger partial charge in [-0.1, -0.05) is 12.1 Å². The zero-order valence-electron chi connectivity index (χ0n) is 23.4. The van der Waals surface area contributed by atoms with Crippen LogP contribution in [0.2, 0.25) is 0 Å². The molecular weight excluding hydrogens is 539 g/mol. The number of hydrogen-bond acceptors (Lipinski definition) is 6. The van der Waals surface area contributed by atoms with E-state index in [0.29, 0.717) is 19.3 Å². The van der Waals surface area contributed by atoms with E-state index in [1.165, 1.54) is 32.4 Å². The van der Waals surface area contributed by atoms with E-state index >= 15 is 0 Å². The van der Waals surface area contributed by atoms with Gasteiger partial charge in [-0.2, -0.15) is 0 Å². The first-order valence-corrected chi connectivity index (χ1v) is 17.8. The smallest absolute Gasteiger partial charge is 0.137 e. The van der Waals surface area contributed by atoms with Crippen LogP contribution in [0.5, 0.6) is 17.2 Å². The van der Waals surface area contributed by atoms with Gasteiger partial charge in [-0.15, -0.1) is 11.3 Å². The van der Waals surface area contributed by atoms with Crippen LogP contribution in [0.1, 0.15) is 36.4 Å². The number of likely N-dealkylation sites (tertiary alicyclic amines) is 1. The van der Waals surface area contributed by atoms with Gasteiger partial charge < -0.3 is 29.7 Å². The zero-order valence-corrected chi connectivity index (χ0v) is 25.1. The molecule has 1 unspecified atom stereocenters. The van der Waals surface area contributed by atoms with Crippen molar-refractivity contribution in [2.45, 2.75) is 25.3 Å². The third-order valence-electron chi connectivity index (χ3n) is 7.63. The van der Waals surface area contributed by atoms with Crippen LogP contribution in [-0.2, 0) is 4.57 Å². The number of nitrogens with one attached hydrogen (secondary N) is 2. The molecule has 5 rings (SSSR count). The Balaban J connectivity index is 1.47. The summed E-state index contributed by atoms with van der Waals surface area (Å²) in [4.78, 5) is 2.70. The molecule has 0 radical (unpaired) electrons. The summed E-state index contributed by atoms with van der Waals surface area (Å²) in [5, 5.41) is 24.9. The average Bonchev–Trinajstić information content (AvgIpc) is 3.30. The van der Waals surface area contributed by atoms with Crippen molar-refractivity contribution in [3.05, 3.63) is 77.9 Å². The van der Waals surface area contributed by atoms with Crippen LogP contribution in [0.4, 0.5) is 0 Å². The van der Waals surface area contributed by atoms with E-state index in [0.717, 1.165) is 43.9 Å². The largest absolute Gasteiger partial charge is 0.508 e. The molecule has 0 aliphatic carbocycles. The highest BCUT2D eigenvalue weighted by molar-refractivity contribution is 7.62. The maximum atomic E-state index is 12.5. The number of piperidine rings is 1. The molecule has 0 spiro atoms. The van der Waals surface area contributed by atoms with E-state index in [1.807, 2.05) is 43.7 Å². The number of quaternary nitrogens is 1. The standard InChI is InChI=1S/C32H39N2O4PS/c1-39(2,37)21-16-33-31(23-8-13-27(14-9-23)38-20-19-34-17-4-3-5-18-34)30-28-15-12-26(36)22-29(28)40-32(30)24-6-10-25(35)11-7-24/h6-15,22,31,33,35-36H,3-5,16-21H2,1-2H3/p+1. The Labute approximate surface area is 241 Å². The van der Waals surface area contributed by atoms with Crippen LogP contribution in [0.3, 0.4) is 0 Å². The predicted molar refractivity (Wildman–Crippen MR) is 166 cm³/mol. The second kappa shape index (κ2) is 12.8. The van der Waals surface area contributed by atoms with Crippen molar-refractivity contribution in [3.8, 4) is 27.7 Å². The van der Waals surface area contributed by atoms with Crippen LogP contribution in [0, 0.1) is 0 Å². The van der Waals surface area contributed by atoms with Gasteiger partial charge in [0, 0.05) is 22.3 Å². The number of thiophene rings is 1. The molecule has 1 atom stereocenters. The van der Waals surface area contributed by atoms with Gasteiger partial charge in [0.15, 0.2) is 0 Å². The lowest BCUT2D eigenvalue weighted by Crippen LogP contribution is -3.13. The van der Waals surface area contributed by atoms with Gasteiger partial charge in [-0.3, -0.25) is 0 Å². The molecule has 40 heavy (non-hydrogen) atoms. The van der Waals surface area contributed by atoms with Crippen molar-refractivity contribution in [1.82, 2.24) is 5.32 Å². The molecule has 0 saturated carbocycles. The van der Waals surface area contributed by atoms with Gasteiger partial charge in [0.2, 0.25) is 0 Å². The Kier molecular flexibility index (Phi) is 9.17. The number of ether oxygens (including phenoxy) is 1. The average molecular weight is 580 g/mol. The molecular formula is C32H40N2O4PS+. The minimum absolute atomic E-state index is 0.166. The highest BCUT2D eigenvalue weighted by Gasteiger charge is 2.25. The Morgan fingerprint density at radius 3 is 2.35 bits per heavy atom. The highest BCUT2D eigenvalue weighted by atomic mass is 32.1. The van der Waals surface area contributed by atoms with Crippen LogP contribution in [0.15, 0.2) is 66.7 Å². The SMILES string of the molecule is CP(C)(=O)CCNC(c1ccc(OCC[NH+]2CCCCC2)cc1)c1c(-c2ccc(O)cc2)sc2cc(O)ccc12. The summed E-state index contributed by atoms with van der Waals surface area (Å²) in [5.74, 6) is 1.31. The van der Waals surface area contributed by atoms with E-state index in [1.54, 1.807) is 40.5 Å². The van der Waals surface area contributed by atoms with Gasteiger partial charge >= 0.3 is 0 Å². The molecule has 1 aliphatic heterocycles. The topological polar surface area (TPSA) is 83.2 Å². The summed E-state index contributed by atoms with van der Waals surface area (Å²) < 4.78 is 19.6. The Morgan fingerprint density at radius 2 is 1.65 bits per heavy atom. The van der Waals surface area contributed by atoms with Gasteiger partial charge in [0.25, 0.3) is 0 Å². The van der Waals surface area contributed by atoms with Crippen LogP contribution >= 0.6 is 18.5 Å². The van der Waals surface area contributed by atoms with E-state index in [-0.39, 0.29) is 17.5 Å². The van der Waals surface area contributed by atoms with Crippen molar-refractivity contribution in [2.75, 3.05) is 52.3 Å². The van der Waals surface area contributed by atoms with Crippen LogP contribution in [0.25, 0.3) is 20.5 Å². The molecule has 212 valence electrons. The first-order valence-electron chi connectivity index (χ1n) is 14.2.